The van der Waals surface area contributed by atoms with E-state index < -0.39 is 0 Å². The zero-order valence-corrected chi connectivity index (χ0v) is 15.4. The number of aliphatic hydroxyl groups excluding tert-OH is 1. The first-order valence-electron chi connectivity index (χ1n) is 9.42. The predicted molar refractivity (Wildman–Crippen MR) is 98.7 cm³/mol. The monoisotopic (exact) mass is 368 g/mol. The van der Waals surface area contributed by atoms with Crippen LogP contribution in [0.25, 0.3) is 0 Å². The Kier molecular flexibility index (Phi) is 4.90. The molecule has 6 nitrogen and oxygen atoms in total. The van der Waals surface area contributed by atoms with Crippen molar-refractivity contribution in [1.82, 2.24) is 9.80 Å². The fraction of sp³-hybridized carbons (Fsp3) is 0.524. The molecule has 3 aliphatic rings. The topological polar surface area (TPSA) is 70.1 Å². The van der Waals surface area contributed by atoms with E-state index >= 15 is 0 Å². The van der Waals surface area contributed by atoms with Crippen molar-refractivity contribution in [3.8, 4) is 11.8 Å². The molecular weight excluding hydrogens is 344 g/mol. The van der Waals surface area contributed by atoms with Crippen molar-refractivity contribution in [1.29, 1.82) is 0 Å². The summed E-state index contributed by atoms with van der Waals surface area (Å²) in [4.78, 5) is 27.9. The molecule has 1 aromatic rings. The number of hydrogen-bond acceptors (Lipinski definition) is 4. The first-order valence-corrected chi connectivity index (χ1v) is 9.42. The van der Waals surface area contributed by atoms with Crippen LogP contribution in [0.3, 0.4) is 0 Å². The van der Waals surface area contributed by atoms with Crippen molar-refractivity contribution in [3.63, 3.8) is 0 Å². The minimum Gasteiger partial charge on any atom is -0.394 e. The minimum absolute atomic E-state index is 0.0162. The second-order valence-corrected chi connectivity index (χ2v) is 7.52. The molecule has 1 N–H and O–H groups in total. The van der Waals surface area contributed by atoms with E-state index in [0.717, 1.165) is 11.1 Å². The van der Waals surface area contributed by atoms with Gasteiger partial charge in [-0.15, -0.1) is 0 Å². The highest BCUT2D eigenvalue weighted by atomic mass is 16.5. The van der Waals surface area contributed by atoms with Gasteiger partial charge in [0, 0.05) is 31.1 Å². The van der Waals surface area contributed by atoms with Gasteiger partial charge >= 0.3 is 0 Å². The van der Waals surface area contributed by atoms with Crippen molar-refractivity contribution in [2.45, 2.75) is 30.8 Å². The third kappa shape index (κ3) is 3.45. The largest absolute Gasteiger partial charge is 0.394 e. The Balaban J connectivity index is 1.52. The molecule has 142 valence electrons. The van der Waals surface area contributed by atoms with Crippen LogP contribution in [0.15, 0.2) is 24.3 Å². The number of rotatable bonds is 4. The summed E-state index contributed by atoms with van der Waals surface area (Å²) in [5, 5.41) is 9.82. The van der Waals surface area contributed by atoms with Gasteiger partial charge in [0.1, 0.15) is 6.61 Å². The second kappa shape index (κ2) is 7.34. The van der Waals surface area contributed by atoms with E-state index in [1.807, 2.05) is 24.3 Å². The van der Waals surface area contributed by atoms with Crippen LogP contribution in [0.5, 0.6) is 0 Å². The van der Waals surface area contributed by atoms with Gasteiger partial charge in [-0.25, -0.2) is 0 Å². The Labute approximate surface area is 159 Å². The van der Waals surface area contributed by atoms with Crippen molar-refractivity contribution < 1.29 is 19.4 Å². The average molecular weight is 368 g/mol. The van der Waals surface area contributed by atoms with Crippen molar-refractivity contribution in [2.75, 3.05) is 33.4 Å². The smallest absolute Gasteiger partial charge is 0.249 e. The van der Waals surface area contributed by atoms with Gasteiger partial charge in [-0.05, 0) is 30.5 Å². The van der Waals surface area contributed by atoms with Crippen molar-refractivity contribution >= 4 is 11.8 Å². The molecule has 0 radical (unpaired) electrons. The SMILES string of the molecule is COCC(=O)N1CC(=O)N2[C@@H](CO)[C@@H](c3ccc(C#CC4CC4)cc3)[C@@H]2C1. The lowest BCUT2D eigenvalue weighted by Crippen LogP contribution is -2.73. The van der Waals surface area contributed by atoms with Gasteiger partial charge in [0.05, 0.1) is 25.2 Å². The van der Waals surface area contributed by atoms with Gasteiger partial charge in [0.15, 0.2) is 0 Å². The Hall–Kier alpha value is -2.36. The zero-order valence-electron chi connectivity index (χ0n) is 15.4. The Bertz CT molecular complexity index is 791. The third-order valence-electron chi connectivity index (χ3n) is 5.67. The van der Waals surface area contributed by atoms with E-state index in [4.69, 9.17) is 4.74 Å². The quantitative estimate of drug-likeness (QED) is 0.790. The highest BCUT2D eigenvalue weighted by Gasteiger charge is 2.54. The lowest BCUT2D eigenvalue weighted by Gasteiger charge is -2.58. The van der Waals surface area contributed by atoms with Gasteiger partial charge in [0.25, 0.3) is 0 Å². The molecule has 3 atom stereocenters. The van der Waals surface area contributed by atoms with E-state index in [1.165, 1.54) is 20.0 Å². The maximum absolute atomic E-state index is 12.5. The summed E-state index contributed by atoms with van der Waals surface area (Å²) < 4.78 is 4.91. The second-order valence-electron chi connectivity index (χ2n) is 7.52. The van der Waals surface area contributed by atoms with E-state index in [-0.39, 0.29) is 49.6 Å². The molecule has 4 rings (SSSR count). The van der Waals surface area contributed by atoms with Gasteiger partial charge in [-0.2, -0.15) is 0 Å². The molecule has 0 bridgehead atoms. The molecule has 0 aromatic heterocycles. The Morgan fingerprint density at radius 2 is 2.04 bits per heavy atom. The summed E-state index contributed by atoms with van der Waals surface area (Å²) in [5.41, 5.74) is 2.06. The standard InChI is InChI=1S/C21H24N2O4/c1-27-13-20(26)22-10-17-21(18(12-24)23(17)19(25)11-22)16-8-6-15(7-9-16)5-4-14-2-3-14/h6-9,14,17-18,21,24H,2-3,10-13H2,1H3/t17-,18-,21-/m0/s1. The predicted octanol–water partition coefficient (Wildman–Crippen LogP) is 0.592. The van der Waals surface area contributed by atoms with Crippen LogP contribution < -0.4 is 0 Å². The summed E-state index contributed by atoms with van der Waals surface area (Å²) in [6.45, 7) is 0.417. The molecule has 3 fully saturated rings. The molecule has 2 aliphatic heterocycles. The average Bonchev–Trinajstić information content (AvgIpc) is 3.47. The molecule has 2 amide bonds. The van der Waals surface area contributed by atoms with Crippen LogP contribution in [-0.2, 0) is 14.3 Å². The summed E-state index contributed by atoms with van der Waals surface area (Å²) >= 11 is 0. The number of amides is 2. The minimum atomic E-state index is -0.231. The van der Waals surface area contributed by atoms with Gasteiger partial charge in [0.2, 0.25) is 11.8 Å². The van der Waals surface area contributed by atoms with Crippen LogP contribution in [0.4, 0.5) is 0 Å². The number of nitrogens with zero attached hydrogens (tertiary/aromatic N) is 2. The summed E-state index contributed by atoms with van der Waals surface area (Å²) in [5.74, 6) is 6.74. The normalized spacial score (nSPS) is 26.7. The number of carbonyl (C=O) groups excluding carboxylic acids is 2. The summed E-state index contributed by atoms with van der Waals surface area (Å²) in [6, 6.07) is 7.73. The first-order chi connectivity index (χ1) is 13.1. The zero-order chi connectivity index (χ0) is 19.0. The first kappa shape index (κ1) is 18.0. The number of aliphatic hydroxyl groups is 1. The fourth-order valence-corrected chi connectivity index (χ4v) is 4.11. The molecule has 6 heteroatoms. The molecule has 2 saturated heterocycles. The maximum atomic E-state index is 12.5. The van der Waals surface area contributed by atoms with Crippen LogP contribution >= 0.6 is 0 Å². The molecule has 27 heavy (non-hydrogen) atoms. The molecule has 1 aliphatic carbocycles. The fourth-order valence-electron chi connectivity index (χ4n) is 4.11. The third-order valence-corrected chi connectivity index (χ3v) is 5.67. The van der Waals surface area contributed by atoms with E-state index in [1.54, 1.807) is 9.80 Å². The van der Waals surface area contributed by atoms with Gasteiger partial charge in [-0.1, -0.05) is 24.0 Å². The molecular formula is C21H24N2O4. The Morgan fingerprint density at radius 3 is 2.67 bits per heavy atom. The van der Waals surface area contributed by atoms with Crippen LogP contribution in [0, 0.1) is 17.8 Å². The summed E-state index contributed by atoms with van der Waals surface area (Å²) in [6.07, 6.45) is 2.41. The van der Waals surface area contributed by atoms with Crippen molar-refractivity contribution in [3.05, 3.63) is 35.4 Å². The van der Waals surface area contributed by atoms with Crippen molar-refractivity contribution in [2.24, 2.45) is 5.92 Å². The number of benzene rings is 1. The number of hydrogen-bond donors (Lipinski definition) is 1. The number of methoxy groups -OCH3 is 1. The molecule has 1 saturated carbocycles. The number of fused-ring (bicyclic) bond motifs is 1. The van der Waals surface area contributed by atoms with E-state index in [0.29, 0.717) is 12.5 Å². The van der Waals surface area contributed by atoms with E-state index in [9.17, 15) is 14.7 Å². The maximum Gasteiger partial charge on any atom is 0.249 e. The van der Waals surface area contributed by atoms with Crippen LogP contribution in [0.1, 0.15) is 29.9 Å². The van der Waals surface area contributed by atoms with Crippen LogP contribution in [0.2, 0.25) is 0 Å². The Morgan fingerprint density at radius 1 is 1.30 bits per heavy atom. The number of piperazine rings is 1. The van der Waals surface area contributed by atoms with Gasteiger partial charge < -0.3 is 19.6 Å². The van der Waals surface area contributed by atoms with Crippen LogP contribution in [-0.4, -0.2) is 72.2 Å². The van der Waals surface area contributed by atoms with Gasteiger partial charge in [-0.3, -0.25) is 9.59 Å². The molecule has 2 heterocycles. The van der Waals surface area contributed by atoms with E-state index in [2.05, 4.69) is 11.8 Å². The summed E-state index contributed by atoms with van der Waals surface area (Å²) in [7, 11) is 1.47. The lowest BCUT2D eigenvalue weighted by molar-refractivity contribution is -0.168. The molecule has 0 unspecified atom stereocenters. The lowest BCUT2D eigenvalue weighted by atomic mass is 9.73. The number of ether oxygens (including phenoxy) is 1. The molecule has 1 aromatic carbocycles. The highest BCUT2D eigenvalue weighted by Crippen LogP contribution is 2.42. The molecule has 0 spiro atoms. The number of carbonyl (C=O) groups is 2. The highest BCUT2D eigenvalue weighted by molar-refractivity contribution is 5.88.